The fourth-order valence-electron chi connectivity index (χ4n) is 2.40. The summed E-state index contributed by atoms with van der Waals surface area (Å²) in [5.41, 5.74) is 1.94. The number of aryl methyl sites for hydroxylation is 1. The first-order valence-corrected chi connectivity index (χ1v) is 8.38. The molecule has 0 bridgehead atoms. The Kier molecular flexibility index (Phi) is 4.39. The first-order valence-electron chi connectivity index (χ1n) is 7.50. The minimum atomic E-state index is -0.537. The van der Waals surface area contributed by atoms with E-state index in [2.05, 4.69) is 10.6 Å². The van der Waals surface area contributed by atoms with Gasteiger partial charge in [-0.3, -0.25) is 14.4 Å². The summed E-state index contributed by atoms with van der Waals surface area (Å²) in [6.45, 7) is 3.84. The molecule has 2 N–H and O–H groups in total. The van der Waals surface area contributed by atoms with E-state index in [1.54, 1.807) is 35.1 Å². The van der Waals surface area contributed by atoms with E-state index in [1.807, 2.05) is 6.92 Å². The standard InChI is InChI=1S/C16H17N3O4S/c1-9-8-24-16(22)19(9)6-5-14(20)17-11-3-4-13-12(7-11)18-15(21)10(2)23-13/h3-4,7-8,10H,5-6H2,1-2H3,(H,17,20)(H,18,21)/t10-/m1/s1. The first-order chi connectivity index (χ1) is 11.4. The van der Waals surface area contributed by atoms with Gasteiger partial charge in [-0.05, 0) is 32.0 Å². The number of anilines is 2. The number of amides is 2. The van der Waals surface area contributed by atoms with Crippen molar-refractivity contribution in [3.05, 3.63) is 38.9 Å². The van der Waals surface area contributed by atoms with Gasteiger partial charge in [0.15, 0.2) is 6.10 Å². The summed E-state index contributed by atoms with van der Waals surface area (Å²) in [7, 11) is 0. The summed E-state index contributed by atoms with van der Waals surface area (Å²) in [6, 6.07) is 5.07. The Morgan fingerprint density at radius 2 is 2.21 bits per heavy atom. The number of carbonyl (C=O) groups excluding carboxylic acids is 2. The maximum Gasteiger partial charge on any atom is 0.307 e. The monoisotopic (exact) mass is 347 g/mol. The molecule has 0 radical (unpaired) electrons. The molecule has 1 atom stereocenters. The molecule has 1 aliphatic heterocycles. The molecule has 8 heteroatoms. The van der Waals surface area contributed by atoms with Crippen LogP contribution in [-0.2, 0) is 16.1 Å². The number of nitrogens with one attached hydrogen (secondary N) is 2. The van der Waals surface area contributed by atoms with Crippen LogP contribution in [0.4, 0.5) is 11.4 Å². The molecule has 24 heavy (non-hydrogen) atoms. The first kappa shape index (κ1) is 16.3. The topological polar surface area (TPSA) is 89.4 Å². The van der Waals surface area contributed by atoms with Crippen LogP contribution in [0.1, 0.15) is 19.0 Å². The van der Waals surface area contributed by atoms with Gasteiger partial charge in [-0.2, -0.15) is 0 Å². The molecule has 2 amide bonds. The van der Waals surface area contributed by atoms with Crippen molar-refractivity contribution in [2.24, 2.45) is 0 Å². The average Bonchev–Trinajstić information content (AvgIpc) is 2.85. The number of fused-ring (bicyclic) bond motifs is 1. The third-order valence-electron chi connectivity index (χ3n) is 3.73. The van der Waals surface area contributed by atoms with Crippen LogP contribution in [0.5, 0.6) is 5.75 Å². The van der Waals surface area contributed by atoms with E-state index in [9.17, 15) is 14.4 Å². The lowest BCUT2D eigenvalue weighted by Crippen LogP contribution is -2.34. The van der Waals surface area contributed by atoms with Gasteiger partial charge < -0.3 is 19.9 Å². The van der Waals surface area contributed by atoms with Gasteiger partial charge >= 0.3 is 4.87 Å². The van der Waals surface area contributed by atoms with Crippen LogP contribution in [0, 0.1) is 6.92 Å². The zero-order chi connectivity index (χ0) is 17.3. The Bertz CT molecular complexity index is 855. The molecule has 0 fully saturated rings. The minimum Gasteiger partial charge on any atom is -0.479 e. The second kappa shape index (κ2) is 6.48. The van der Waals surface area contributed by atoms with Crippen molar-refractivity contribution in [3.8, 4) is 5.75 Å². The third-order valence-corrected chi connectivity index (χ3v) is 4.61. The van der Waals surface area contributed by atoms with Crippen molar-refractivity contribution in [3.63, 3.8) is 0 Å². The molecule has 0 aliphatic carbocycles. The lowest BCUT2D eigenvalue weighted by molar-refractivity contribution is -0.122. The predicted octanol–water partition coefficient (Wildman–Crippen LogP) is 1.97. The highest BCUT2D eigenvalue weighted by atomic mass is 32.1. The number of rotatable bonds is 4. The van der Waals surface area contributed by atoms with Crippen molar-refractivity contribution in [1.82, 2.24) is 4.57 Å². The molecule has 0 saturated heterocycles. The molecule has 0 saturated carbocycles. The molecule has 126 valence electrons. The molecule has 2 heterocycles. The van der Waals surface area contributed by atoms with Crippen LogP contribution in [0.2, 0.25) is 0 Å². The van der Waals surface area contributed by atoms with E-state index < -0.39 is 6.10 Å². The van der Waals surface area contributed by atoms with E-state index in [0.29, 0.717) is 23.7 Å². The summed E-state index contributed by atoms with van der Waals surface area (Å²) in [6.07, 6.45) is -0.348. The van der Waals surface area contributed by atoms with Crippen LogP contribution >= 0.6 is 11.3 Å². The quantitative estimate of drug-likeness (QED) is 0.885. The van der Waals surface area contributed by atoms with Crippen LogP contribution < -0.4 is 20.2 Å². The van der Waals surface area contributed by atoms with E-state index in [0.717, 1.165) is 17.0 Å². The van der Waals surface area contributed by atoms with Crippen molar-refractivity contribution in [2.75, 3.05) is 10.6 Å². The van der Waals surface area contributed by atoms with Crippen LogP contribution in [0.25, 0.3) is 0 Å². The fraction of sp³-hybridized carbons (Fsp3) is 0.312. The normalized spacial score (nSPS) is 16.1. The van der Waals surface area contributed by atoms with Gasteiger partial charge in [0.05, 0.1) is 5.69 Å². The van der Waals surface area contributed by atoms with Gasteiger partial charge in [0.25, 0.3) is 5.91 Å². The van der Waals surface area contributed by atoms with Crippen LogP contribution in [0.3, 0.4) is 0 Å². The lowest BCUT2D eigenvalue weighted by Gasteiger charge is -2.23. The highest BCUT2D eigenvalue weighted by molar-refractivity contribution is 7.07. The smallest absolute Gasteiger partial charge is 0.307 e. The fourth-order valence-corrected chi connectivity index (χ4v) is 3.16. The third kappa shape index (κ3) is 3.33. The second-order valence-corrected chi connectivity index (χ2v) is 6.37. The van der Waals surface area contributed by atoms with Gasteiger partial charge in [-0.15, -0.1) is 0 Å². The van der Waals surface area contributed by atoms with Crippen molar-refractivity contribution < 1.29 is 14.3 Å². The number of thiazole rings is 1. The van der Waals surface area contributed by atoms with Gasteiger partial charge in [0, 0.05) is 29.7 Å². The highest BCUT2D eigenvalue weighted by Crippen LogP contribution is 2.32. The zero-order valence-corrected chi connectivity index (χ0v) is 14.1. The van der Waals surface area contributed by atoms with Gasteiger partial charge in [0.1, 0.15) is 5.75 Å². The summed E-state index contributed by atoms with van der Waals surface area (Å²) in [4.78, 5) is 35.3. The second-order valence-electron chi connectivity index (χ2n) is 5.55. The summed E-state index contributed by atoms with van der Waals surface area (Å²) in [5, 5.41) is 7.27. The SMILES string of the molecule is Cc1csc(=O)n1CCC(=O)Nc1ccc2c(c1)NC(=O)[C@@H](C)O2. The summed E-state index contributed by atoms with van der Waals surface area (Å²) >= 11 is 1.12. The molecule has 1 aromatic carbocycles. The minimum absolute atomic E-state index is 0.0666. The maximum atomic E-state index is 12.1. The average molecular weight is 347 g/mol. The number of hydrogen-bond acceptors (Lipinski definition) is 5. The molecule has 3 rings (SSSR count). The molecule has 0 spiro atoms. The summed E-state index contributed by atoms with van der Waals surface area (Å²) < 4.78 is 7.04. The van der Waals surface area contributed by atoms with Crippen molar-refractivity contribution in [1.29, 1.82) is 0 Å². The number of hydrogen-bond donors (Lipinski definition) is 2. The number of benzene rings is 1. The number of nitrogens with zero attached hydrogens (tertiary/aromatic N) is 1. The largest absolute Gasteiger partial charge is 0.479 e. The molecule has 2 aromatic rings. The summed E-state index contributed by atoms with van der Waals surface area (Å²) in [5.74, 6) is 0.141. The van der Waals surface area contributed by atoms with Crippen molar-refractivity contribution in [2.45, 2.75) is 32.9 Å². The van der Waals surface area contributed by atoms with E-state index >= 15 is 0 Å². The Morgan fingerprint density at radius 1 is 1.42 bits per heavy atom. The highest BCUT2D eigenvalue weighted by Gasteiger charge is 2.23. The van der Waals surface area contributed by atoms with Crippen LogP contribution in [0.15, 0.2) is 28.4 Å². The molecule has 0 unspecified atom stereocenters. The number of aromatic nitrogens is 1. The van der Waals surface area contributed by atoms with E-state index in [-0.39, 0.29) is 23.1 Å². The van der Waals surface area contributed by atoms with E-state index in [1.165, 1.54) is 0 Å². The molecular formula is C16H17N3O4S. The lowest BCUT2D eigenvalue weighted by atomic mass is 10.2. The van der Waals surface area contributed by atoms with Gasteiger partial charge in [0.2, 0.25) is 5.91 Å². The predicted molar refractivity (Wildman–Crippen MR) is 91.7 cm³/mol. The van der Waals surface area contributed by atoms with Gasteiger partial charge in [-0.1, -0.05) is 11.3 Å². The van der Waals surface area contributed by atoms with Crippen LogP contribution in [-0.4, -0.2) is 22.5 Å². The maximum absolute atomic E-state index is 12.1. The van der Waals surface area contributed by atoms with Crippen molar-refractivity contribution >= 4 is 34.5 Å². The van der Waals surface area contributed by atoms with E-state index in [4.69, 9.17) is 4.74 Å². The number of ether oxygens (including phenoxy) is 1. The molecule has 1 aliphatic rings. The zero-order valence-electron chi connectivity index (χ0n) is 13.3. The molecule has 7 nitrogen and oxygen atoms in total. The Labute approximate surface area is 142 Å². The molecule has 1 aromatic heterocycles. The van der Waals surface area contributed by atoms with Gasteiger partial charge in [-0.25, -0.2) is 0 Å². The Morgan fingerprint density at radius 3 is 2.92 bits per heavy atom. The Balaban J connectivity index is 1.64. The number of carbonyl (C=O) groups is 2. The Hall–Kier alpha value is -2.61. The molecular weight excluding hydrogens is 330 g/mol.